The Hall–Kier alpha value is -2.12. The molecule has 0 aliphatic rings. The quantitative estimate of drug-likeness (QED) is 0.538. The van der Waals surface area contributed by atoms with Crippen LogP contribution in [0.4, 0.5) is 0 Å². The molecule has 22 heavy (non-hydrogen) atoms. The molecule has 5 nitrogen and oxygen atoms in total. The van der Waals surface area contributed by atoms with Crippen molar-refractivity contribution in [1.29, 1.82) is 0 Å². The zero-order valence-corrected chi connectivity index (χ0v) is 13.3. The summed E-state index contributed by atoms with van der Waals surface area (Å²) in [6.07, 6.45) is 0. The van der Waals surface area contributed by atoms with E-state index in [2.05, 4.69) is 16.0 Å². The van der Waals surface area contributed by atoms with Gasteiger partial charge in [-0.2, -0.15) is 0 Å². The zero-order chi connectivity index (χ0) is 15.1. The van der Waals surface area contributed by atoms with Gasteiger partial charge >= 0.3 is 0 Å². The van der Waals surface area contributed by atoms with Gasteiger partial charge in [-0.25, -0.2) is 9.97 Å². The van der Waals surface area contributed by atoms with Gasteiger partial charge in [0, 0.05) is 17.9 Å². The molecule has 0 fully saturated rings. The number of thiazole rings is 1. The molecule has 0 atom stereocenters. The number of para-hydroxylation sites is 1. The molecule has 0 N–H and O–H groups in total. The number of benzene rings is 1. The predicted octanol–water partition coefficient (Wildman–Crippen LogP) is 3.50. The normalized spacial score (nSPS) is 11.5. The van der Waals surface area contributed by atoms with Gasteiger partial charge in [0.1, 0.15) is 5.76 Å². The minimum Gasteiger partial charge on any atom is -0.375 e. The molecule has 0 aliphatic heterocycles. The standard InChI is InChI=1S/C15H11N3O2S2/c1-9-6-13-16-10(7-14(19)18(13)20-9)8-21-15-17-11-4-2-3-5-12(11)22-15/h2-7H,8H2,1H3. The topological polar surface area (TPSA) is 60.4 Å². The first-order valence-electron chi connectivity index (χ1n) is 6.67. The second-order valence-electron chi connectivity index (χ2n) is 4.82. The lowest BCUT2D eigenvalue weighted by molar-refractivity contribution is 0.344. The maximum absolute atomic E-state index is 12.0. The molecule has 0 saturated heterocycles. The van der Waals surface area contributed by atoms with Crippen LogP contribution >= 0.6 is 23.1 Å². The summed E-state index contributed by atoms with van der Waals surface area (Å²) >= 11 is 3.24. The van der Waals surface area contributed by atoms with Crippen molar-refractivity contribution >= 4 is 39.0 Å². The van der Waals surface area contributed by atoms with Crippen LogP contribution in [0.3, 0.4) is 0 Å². The van der Waals surface area contributed by atoms with Crippen LogP contribution in [0, 0.1) is 6.92 Å². The number of rotatable bonds is 3. The summed E-state index contributed by atoms with van der Waals surface area (Å²) in [6.45, 7) is 1.80. The number of hydrogen-bond donors (Lipinski definition) is 0. The van der Waals surface area contributed by atoms with E-state index < -0.39 is 0 Å². The fraction of sp³-hybridized carbons (Fsp3) is 0.133. The number of thioether (sulfide) groups is 1. The van der Waals surface area contributed by atoms with E-state index >= 15 is 0 Å². The van der Waals surface area contributed by atoms with E-state index in [1.807, 2.05) is 18.2 Å². The van der Waals surface area contributed by atoms with Crippen molar-refractivity contribution in [3.05, 3.63) is 58.2 Å². The molecule has 4 rings (SSSR count). The Morgan fingerprint density at radius 1 is 1.27 bits per heavy atom. The first-order chi connectivity index (χ1) is 10.7. The van der Waals surface area contributed by atoms with E-state index in [0.29, 0.717) is 17.2 Å². The molecule has 3 aromatic heterocycles. The smallest absolute Gasteiger partial charge is 0.287 e. The average molecular weight is 329 g/mol. The zero-order valence-electron chi connectivity index (χ0n) is 11.6. The van der Waals surface area contributed by atoms with Crippen LogP contribution in [0.5, 0.6) is 0 Å². The Morgan fingerprint density at radius 2 is 2.14 bits per heavy atom. The van der Waals surface area contributed by atoms with Gasteiger partial charge in [-0.3, -0.25) is 4.79 Å². The number of hydrogen-bond acceptors (Lipinski definition) is 6. The monoisotopic (exact) mass is 329 g/mol. The SMILES string of the molecule is Cc1cc2nc(CSc3nc4ccccc4s3)cc(=O)n2o1. The van der Waals surface area contributed by atoms with Gasteiger partial charge in [0.15, 0.2) is 9.99 Å². The van der Waals surface area contributed by atoms with E-state index in [-0.39, 0.29) is 5.56 Å². The number of aromatic nitrogens is 3. The second-order valence-corrected chi connectivity index (χ2v) is 7.07. The van der Waals surface area contributed by atoms with E-state index in [0.717, 1.165) is 15.6 Å². The second kappa shape index (κ2) is 5.26. The van der Waals surface area contributed by atoms with Gasteiger partial charge in [-0.15, -0.1) is 15.9 Å². The molecule has 0 aliphatic carbocycles. The maximum Gasteiger partial charge on any atom is 0.287 e. The highest BCUT2D eigenvalue weighted by molar-refractivity contribution is 8.00. The molecule has 110 valence electrons. The lowest BCUT2D eigenvalue weighted by Gasteiger charge is -1.98. The number of fused-ring (bicyclic) bond motifs is 2. The van der Waals surface area contributed by atoms with Crippen LogP contribution in [-0.4, -0.2) is 14.5 Å². The molecule has 0 amide bonds. The predicted molar refractivity (Wildman–Crippen MR) is 87.6 cm³/mol. The van der Waals surface area contributed by atoms with E-state index in [1.54, 1.807) is 36.1 Å². The summed E-state index contributed by atoms with van der Waals surface area (Å²) < 4.78 is 8.63. The summed E-state index contributed by atoms with van der Waals surface area (Å²) in [6, 6.07) is 11.3. The van der Waals surface area contributed by atoms with Crippen molar-refractivity contribution in [3.63, 3.8) is 0 Å². The number of aryl methyl sites for hydroxylation is 1. The van der Waals surface area contributed by atoms with Crippen LogP contribution in [0.15, 0.2) is 50.1 Å². The average Bonchev–Trinajstić information content (AvgIpc) is 3.07. The van der Waals surface area contributed by atoms with E-state index in [9.17, 15) is 4.79 Å². The van der Waals surface area contributed by atoms with E-state index in [4.69, 9.17) is 4.52 Å². The molecule has 7 heteroatoms. The van der Waals surface area contributed by atoms with Crippen molar-refractivity contribution in [2.45, 2.75) is 17.0 Å². The van der Waals surface area contributed by atoms with Gasteiger partial charge in [0.05, 0.1) is 15.9 Å². The van der Waals surface area contributed by atoms with Crippen molar-refractivity contribution in [1.82, 2.24) is 14.5 Å². The third-order valence-corrected chi connectivity index (χ3v) is 5.35. The Bertz CT molecular complexity index is 999. The Labute approximate surface area is 133 Å². The first kappa shape index (κ1) is 13.5. The molecule has 0 spiro atoms. The summed E-state index contributed by atoms with van der Waals surface area (Å²) in [4.78, 5) is 21.0. The summed E-state index contributed by atoms with van der Waals surface area (Å²) in [5.74, 6) is 1.27. The molecular formula is C15H11N3O2S2. The molecule has 0 radical (unpaired) electrons. The van der Waals surface area contributed by atoms with Crippen molar-refractivity contribution < 1.29 is 4.52 Å². The fourth-order valence-electron chi connectivity index (χ4n) is 2.20. The summed E-state index contributed by atoms with van der Waals surface area (Å²) in [7, 11) is 0. The molecule has 4 aromatic rings. The third-order valence-electron chi connectivity index (χ3n) is 3.14. The molecule has 0 bridgehead atoms. The van der Waals surface area contributed by atoms with Gasteiger partial charge in [-0.1, -0.05) is 23.9 Å². The molecule has 1 aromatic carbocycles. The van der Waals surface area contributed by atoms with E-state index in [1.165, 1.54) is 15.3 Å². The molecule has 0 saturated carbocycles. The third kappa shape index (κ3) is 2.42. The van der Waals surface area contributed by atoms with Crippen LogP contribution in [-0.2, 0) is 5.75 Å². The largest absolute Gasteiger partial charge is 0.375 e. The summed E-state index contributed by atoms with van der Waals surface area (Å²) in [5, 5.41) is 0. The van der Waals surface area contributed by atoms with Crippen LogP contribution in [0.1, 0.15) is 11.5 Å². The minimum atomic E-state index is -0.196. The van der Waals surface area contributed by atoms with Gasteiger partial charge < -0.3 is 4.52 Å². The molecule has 0 unspecified atom stereocenters. The van der Waals surface area contributed by atoms with Gasteiger partial charge in [-0.05, 0) is 19.1 Å². The Morgan fingerprint density at radius 3 is 3.00 bits per heavy atom. The summed E-state index contributed by atoms with van der Waals surface area (Å²) in [5.41, 5.74) is 2.09. The lowest BCUT2D eigenvalue weighted by atomic mass is 10.3. The number of nitrogens with zero attached hydrogens (tertiary/aromatic N) is 3. The maximum atomic E-state index is 12.0. The highest BCUT2D eigenvalue weighted by Gasteiger charge is 2.09. The fourth-order valence-corrected chi connectivity index (χ4v) is 4.16. The Kier molecular flexibility index (Phi) is 3.24. The van der Waals surface area contributed by atoms with Crippen molar-refractivity contribution in [2.24, 2.45) is 0 Å². The lowest BCUT2D eigenvalue weighted by Crippen LogP contribution is -2.12. The first-order valence-corrected chi connectivity index (χ1v) is 8.47. The Balaban J connectivity index is 1.61. The highest BCUT2D eigenvalue weighted by Crippen LogP contribution is 2.30. The van der Waals surface area contributed by atoms with Crippen LogP contribution in [0.2, 0.25) is 0 Å². The highest BCUT2D eigenvalue weighted by atomic mass is 32.2. The van der Waals surface area contributed by atoms with Gasteiger partial charge in [0.2, 0.25) is 0 Å². The molecular weight excluding hydrogens is 318 g/mol. The van der Waals surface area contributed by atoms with Gasteiger partial charge in [0.25, 0.3) is 5.56 Å². The van der Waals surface area contributed by atoms with Crippen molar-refractivity contribution in [2.75, 3.05) is 0 Å². The van der Waals surface area contributed by atoms with Crippen LogP contribution in [0.25, 0.3) is 15.9 Å². The minimum absolute atomic E-state index is 0.196. The van der Waals surface area contributed by atoms with Crippen LogP contribution < -0.4 is 5.56 Å². The molecule has 3 heterocycles. The van der Waals surface area contributed by atoms with Crippen molar-refractivity contribution in [3.8, 4) is 0 Å².